The van der Waals surface area contributed by atoms with Crippen molar-refractivity contribution in [2.45, 2.75) is 52.5 Å². The molecular weight excluding hydrogens is 256 g/mol. The molecule has 118 valence electrons. The molecule has 2 rings (SSSR count). The van der Waals surface area contributed by atoms with Crippen molar-refractivity contribution in [1.29, 1.82) is 0 Å². The van der Waals surface area contributed by atoms with Crippen LogP contribution in [0.2, 0.25) is 0 Å². The van der Waals surface area contributed by atoms with Gasteiger partial charge < -0.3 is 10.2 Å². The quantitative estimate of drug-likeness (QED) is 0.815. The van der Waals surface area contributed by atoms with Crippen LogP contribution in [0.5, 0.6) is 0 Å². The minimum atomic E-state index is 0.469. The lowest BCUT2D eigenvalue weighted by Gasteiger charge is -2.35. The van der Waals surface area contributed by atoms with E-state index >= 15 is 0 Å². The molecule has 0 bridgehead atoms. The Morgan fingerprint density at radius 2 is 1.95 bits per heavy atom. The first-order valence-corrected chi connectivity index (χ1v) is 8.81. The van der Waals surface area contributed by atoms with Gasteiger partial charge in [-0.2, -0.15) is 0 Å². The molecule has 1 fully saturated rings. The summed E-state index contributed by atoms with van der Waals surface area (Å²) in [6.45, 7) is 11.5. The van der Waals surface area contributed by atoms with Crippen molar-refractivity contribution in [3.05, 3.63) is 35.4 Å². The molecule has 0 aliphatic carbocycles. The molecule has 2 nitrogen and oxygen atoms in total. The second-order valence-corrected chi connectivity index (χ2v) is 6.38. The van der Waals surface area contributed by atoms with E-state index in [2.05, 4.69) is 55.3 Å². The highest BCUT2D eigenvalue weighted by Gasteiger charge is 2.21. The average Bonchev–Trinajstić information content (AvgIpc) is 2.55. The normalized spacial score (nSPS) is 21.4. The number of nitrogens with zero attached hydrogens (tertiary/aromatic N) is 1. The molecule has 0 radical (unpaired) electrons. The van der Waals surface area contributed by atoms with Crippen LogP contribution >= 0.6 is 0 Å². The van der Waals surface area contributed by atoms with E-state index in [1.165, 1.54) is 43.5 Å². The Labute approximate surface area is 130 Å². The molecule has 1 saturated heterocycles. The number of likely N-dealkylation sites (tertiary alicyclic amines) is 1. The van der Waals surface area contributed by atoms with Crippen molar-refractivity contribution in [3.63, 3.8) is 0 Å². The van der Waals surface area contributed by atoms with Gasteiger partial charge in [0.25, 0.3) is 0 Å². The molecule has 0 aromatic heterocycles. The van der Waals surface area contributed by atoms with Crippen LogP contribution in [0.1, 0.15) is 57.2 Å². The van der Waals surface area contributed by atoms with Crippen LogP contribution < -0.4 is 5.32 Å². The number of hydrogen-bond donors (Lipinski definition) is 1. The van der Waals surface area contributed by atoms with E-state index in [-0.39, 0.29) is 0 Å². The second-order valence-electron chi connectivity index (χ2n) is 6.38. The van der Waals surface area contributed by atoms with Gasteiger partial charge in [-0.05, 0) is 49.4 Å². The molecule has 0 saturated carbocycles. The Bertz CT molecular complexity index is 399. The molecule has 0 amide bonds. The third-order valence-corrected chi connectivity index (χ3v) is 4.86. The summed E-state index contributed by atoms with van der Waals surface area (Å²) in [5, 5.41) is 3.67. The molecule has 1 aromatic rings. The van der Waals surface area contributed by atoms with Gasteiger partial charge in [0.15, 0.2) is 0 Å². The highest BCUT2D eigenvalue weighted by atomic mass is 15.2. The van der Waals surface area contributed by atoms with Gasteiger partial charge in [0, 0.05) is 19.1 Å². The molecule has 1 heterocycles. The van der Waals surface area contributed by atoms with E-state index in [0.29, 0.717) is 6.04 Å². The van der Waals surface area contributed by atoms with Crippen LogP contribution in [0, 0.1) is 5.92 Å². The van der Waals surface area contributed by atoms with Crippen LogP contribution in [0.15, 0.2) is 24.3 Å². The lowest BCUT2D eigenvalue weighted by Crippen LogP contribution is -2.41. The third kappa shape index (κ3) is 4.82. The molecule has 1 aliphatic heterocycles. The molecule has 2 heteroatoms. The maximum Gasteiger partial charge on any atom is 0.0449 e. The van der Waals surface area contributed by atoms with E-state index in [1.54, 1.807) is 0 Å². The highest BCUT2D eigenvalue weighted by molar-refractivity contribution is 5.25. The summed E-state index contributed by atoms with van der Waals surface area (Å²) in [4.78, 5) is 2.67. The summed E-state index contributed by atoms with van der Waals surface area (Å²) in [6.07, 6.45) is 5.24. The van der Waals surface area contributed by atoms with Crippen molar-refractivity contribution >= 4 is 0 Å². The van der Waals surface area contributed by atoms with Gasteiger partial charge in [0.1, 0.15) is 0 Å². The Morgan fingerprint density at radius 3 is 2.57 bits per heavy atom. The Hall–Kier alpha value is -0.860. The van der Waals surface area contributed by atoms with E-state index < -0.39 is 0 Å². The smallest absolute Gasteiger partial charge is 0.0449 e. The van der Waals surface area contributed by atoms with E-state index in [9.17, 15) is 0 Å². The summed E-state index contributed by atoms with van der Waals surface area (Å²) in [7, 11) is 0. The fraction of sp³-hybridized carbons (Fsp3) is 0.684. The zero-order valence-corrected chi connectivity index (χ0v) is 14.1. The van der Waals surface area contributed by atoms with Crippen LogP contribution in [-0.4, -0.2) is 31.1 Å². The van der Waals surface area contributed by atoms with E-state index in [1.807, 2.05) is 0 Å². The van der Waals surface area contributed by atoms with Crippen LogP contribution in [-0.2, 0) is 6.42 Å². The third-order valence-electron chi connectivity index (χ3n) is 4.86. The maximum absolute atomic E-state index is 3.67. The maximum atomic E-state index is 3.67. The molecule has 0 spiro atoms. The minimum Gasteiger partial charge on any atom is -0.309 e. The van der Waals surface area contributed by atoms with Crippen molar-refractivity contribution in [2.24, 2.45) is 5.92 Å². The number of nitrogens with one attached hydrogen (secondary N) is 1. The molecule has 2 unspecified atom stereocenters. The molecule has 1 N–H and O–H groups in total. The van der Waals surface area contributed by atoms with Gasteiger partial charge in [-0.15, -0.1) is 0 Å². The predicted octanol–water partition coefficient (Wildman–Crippen LogP) is 4.02. The molecule has 2 atom stereocenters. The number of benzene rings is 1. The standard InChI is InChI=1S/C19H32N2/c1-4-16-9-11-18(12-10-16)19(20-6-3)15-21-13-7-8-17(5-2)14-21/h9-12,17,19-20H,4-8,13-15H2,1-3H3. The van der Waals surface area contributed by atoms with Crippen molar-refractivity contribution in [2.75, 3.05) is 26.2 Å². The zero-order valence-electron chi connectivity index (χ0n) is 14.1. The molecule has 21 heavy (non-hydrogen) atoms. The summed E-state index contributed by atoms with van der Waals surface area (Å²) in [6, 6.07) is 9.66. The first-order valence-electron chi connectivity index (χ1n) is 8.81. The fourth-order valence-electron chi connectivity index (χ4n) is 3.43. The number of likely N-dealkylation sites (N-methyl/N-ethyl adjacent to an activating group) is 1. The van der Waals surface area contributed by atoms with Gasteiger partial charge >= 0.3 is 0 Å². The van der Waals surface area contributed by atoms with Crippen molar-refractivity contribution in [3.8, 4) is 0 Å². The Balaban J connectivity index is 2.00. The second kappa shape index (κ2) is 8.55. The number of aryl methyl sites for hydroxylation is 1. The Kier molecular flexibility index (Phi) is 6.72. The first kappa shape index (κ1) is 16.5. The lowest BCUT2D eigenvalue weighted by molar-refractivity contribution is 0.157. The lowest BCUT2D eigenvalue weighted by atomic mass is 9.94. The van der Waals surface area contributed by atoms with Gasteiger partial charge in [-0.1, -0.05) is 51.5 Å². The van der Waals surface area contributed by atoms with Gasteiger partial charge in [0.2, 0.25) is 0 Å². The fourth-order valence-corrected chi connectivity index (χ4v) is 3.43. The monoisotopic (exact) mass is 288 g/mol. The van der Waals surface area contributed by atoms with Crippen LogP contribution in [0.4, 0.5) is 0 Å². The van der Waals surface area contributed by atoms with Crippen molar-refractivity contribution in [1.82, 2.24) is 10.2 Å². The summed E-state index contributed by atoms with van der Waals surface area (Å²) < 4.78 is 0. The summed E-state index contributed by atoms with van der Waals surface area (Å²) >= 11 is 0. The minimum absolute atomic E-state index is 0.469. The largest absolute Gasteiger partial charge is 0.309 e. The van der Waals surface area contributed by atoms with E-state index in [0.717, 1.165) is 25.4 Å². The van der Waals surface area contributed by atoms with Gasteiger partial charge in [0.05, 0.1) is 0 Å². The SMILES string of the molecule is CCNC(CN1CCCC(CC)C1)c1ccc(CC)cc1. The molecule has 1 aromatic carbocycles. The Morgan fingerprint density at radius 1 is 1.19 bits per heavy atom. The zero-order chi connectivity index (χ0) is 15.1. The van der Waals surface area contributed by atoms with Gasteiger partial charge in [-0.3, -0.25) is 0 Å². The summed E-state index contributed by atoms with van der Waals surface area (Å²) in [5.74, 6) is 0.906. The highest BCUT2D eigenvalue weighted by Crippen LogP contribution is 2.22. The topological polar surface area (TPSA) is 15.3 Å². The molecule has 1 aliphatic rings. The number of piperidine rings is 1. The number of rotatable bonds is 7. The van der Waals surface area contributed by atoms with Crippen LogP contribution in [0.3, 0.4) is 0 Å². The number of hydrogen-bond acceptors (Lipinski definition) is 2. The first-order chi connectivity index (χ1) is 10.3. The average molecular weight is 288 g/mol. The van der Waals surface area contributed by atoms with Crippen molar-refractivity contribution < 1.29 is 0 Å². The molecular formula is C19H32N2. The summed E-state index contributed by atoms with van der Waals surface area (Å²) in [5.41, 5.74) is 2.87. The van der Waals surface area contributed by atoms with Gasteiger partial charge in [-0.25, -0.2) is 0 Å². The van der Waals surface area contributed by atoms with Crippen LogP contribution in [0.25, 0.3) is 0 Å². The predicted molar refractivity (Wildman–Crippen MR) is 91.7 cm³/mol. The van der Waals surface area contributed by atoms with E-state index in [4.69, 9.17) is 0 Å².